The minimum absolute atomic E-state index is 0.0203. The summed E-state index contributed by atoms with van der Waals surface area (Å²) in [6.07, 6.45) is -0.0593. The van der Waals surface area contributed by atoms with Gasteiger partial charge in [-0.1, -0.05) is 17.7 Å². The molecule has 1 fully saturated rings. The topological polar surface area (TPSA) is 88.1 Å². The summed E-state index contributed by atoms with van der Waals surface area (Å²) >= 11 is 6.09. The van der Waals surface area contributed by atoms with Crippen molar-refractivity contribution in [2.45, 2.75) is 32.2 Å². The standard InChI is InChI=1S/C16H16ClN3O4/c1-3-24-14(22)12-7-16(19-18-12)8-13(21)20(15(16)23)10-5-4-9(2)11(17)6-10/h4-6,19H,3,7-8H2,1-2H3. The molecule has 2 aliphatic heterocycles. The highest BCUT2D eigenvalue weighted by molar-refractivity contribution is 6.39. The van der Waals surface area contributed by atoms with Crippen molar-refractivity contribution in [1.29, 1.82) is 0 Å². The summed E-state index contributed by atoms with van der Waals surface area (Å²) in [5.41, 5.74) is 2.81. The molecule has 24 heavy (non-hydrogen) atoms. The number of imide groups is 1. The molecule has 0 aromatic heterocycles. The number of nitrogens with zero attached hydrogens (tertiary/aromatic N) is 2. The van der Waals surface area contributed by atoms with E-state index >= 15 is 0 Å². The molecule has 2 heterocycles. The molecule has 7 nitrogen and oxygen atoms in total. The monoisotopic (exact) mass is 349 g/mol. The number of rotatable bonds is 3. The molecule has 1 spiro atoms. The number of carbonyl (C=O) groups excluding carboxylic acids is 3. The molecule has 0 bridgehead atoms. The zero-order chi connectivity index (χ0) is 17.5. The van der Waals surface area contributed by atoms with Gasteiger partial charge >= 0.3 is 5.97 Å². The van der Waals surface area contributed by atoms with Gasteiger partial charge in [0.25, 0.3) is 5.91 Å². The number of hydrogen-bond donors (Lipinski definition) is 1. The van der Waals surface area contributed by atoms with Crippen molar-refractivity contribution < 1.29 is 19.1 Å². The third-order valence-electron chi connectivity index (χ3n) is 4.11. The number of benzene rings is 1. The van der Waals surface area contributed by atoms with Gasteiger partial charge in [0.05, 0.1) is 18.7 Å². The summed E-state index contributed by atoms with van der Waals surface area (Å²) in [5, 5.41) is 4.37. The first-order chi connectivity index (χ1) is 11.4. The van der Waals surface area contributed by atoms with Crippen LogP contribution in [0.2, 0.25) is 5.02 Å². The second kappa shape index (κ2) is 5.90. The van der Waals surface area contributed by atoms with Gasteiger partial charge in [-0.15, -0.1) is 0 Å². The zero-order valence-electron chi connectivity index (χ0n) is 13.3. The molecule has 1 N–H and O–H groups in total. The fraction of sp³-hybridized carbons (Fsp3) is 0.375. The highest BCUT2D eigenvalue weighted by atomic mass is 35.5. The number of hydrogen-bond acceptors (Lipinski definition) is 6. The van der Waals surface area contributed by atoms with Crippen LogP contribution in [-0.4, -0.2) is 35.6 Å². The highest BCUT2D eigenvalue weighted by Gasteiger charge is 2.56. The molecular weight excluding hydrogens is 334 g/mol. The number of aryl methyl sites for hydroxylation is 1. The molecule has 2 aliphatic rings. The molecule has 3 rings (SSSR count). The van der Waals surface area contributed by atoms with Crippen LogP contribution in [0.1, 0.15) is 25.3 Å². The summed E-state index contributed by atoms with van der Waals surface area (Å²) < 4.78 is 4.89. The Bertz CT molecular complexity index is 777. The average molecular weight is 350 g/mol. The number of nitrogens with one attached hydrogen (secondary N) is 1. The maximum absolute atomic E-state index is 12.8. The molecule has 0 saturated carbocycles. The summed E-state index contributed by atoms with van der Waals surface area (Å²) in [6, 6.07) is 4.98. The number of hydrazone groups is 1. The van der Waals surface area contributed by atoms with E-state index in [9.17, 15) is 14.4 Å². The van der Waals surface area contributed by atoms with Crippen molar-refractivity contribution >= 4 is 40.8 Å². The van der Waals surface area contributed by atoms with E-state index < -0.39 is 17.4 Å². The van der Waals surface area contributed by atoms with E-state index in [0.717, 1.165) is 10.5 Å². The molecular formula is C16H16ClN3O4. The van der Waals surface area contributed by atoms with Crippen LogP contribution in [0.4, 0.5) is 5.69 Å². The third kappa shape index (κ3) is 2.54. The Morgan fingerprint density at radius 1 is 1.42 bits per heavy atom. The first-order valence-corrected chi connectivity index (χ1v) is 7.90. The first-order valence-electron chi connectivity index (χ1n) is 7.52. The second-order valence-electron chi connectivity index (χ2n) is 5.79. The number of halogens is 1. The lowest BCUT2D eigenvalue weighted by Crippen LogP contribution is -2.47. The minimum Gasteiger partial charge on any atom is -0.461 e. The number of carbonyl (C=O) groups is 3. The molecule has 1 atom stereocenters. The van der Waals surface area contributed by atoms with Crippen molar-refractivity contribution in [1.82, 2.24) is 5.43 Å². The van der Waals surface area contributed by atoms with Gasteiger partial charge in [-0.05, 0) is 31.5 Å². The molecule has 126 valence electrons. The molecule has 1 aromatic rings. The fourth-order valence-corrected chi connectivity index (χ4v) is 2.99. The molecule has 0 radical (unpaired) electrons. The molecule has 8 heteroatoms. The van der Waals surface area contributed by atoms with Gasteiger partial charge in [-0.2, -0.15) is 5.10 Å². The Morgan fingerprint density at radius 2 is 2.17 bits per heavy atom. The van der Waals surface area contributed by atoms with Gasteiger partial charge in [-0.3, -0.25) is 15.0 Å². The van der Waals surface area contributed by atoms with E-state index in [1.54, 1.807) is 25.1 Å². The number of amides is 2. The average Bonchev–Trinajstić information content (AvgIpc) is 3.06. The molecule has 1 saturated heterocycles. The van der Waals surface area contributed by atoms with Gasteiger partial charge in [0.2, 0.25) is 5.91 Å². The van der Waals surface area contributed by atoms with E-state index in [1.807, 2.05) is 6.92 Å². The summed E-state index contributed by atoms with van der Waals surface area (Å²) in [5.74, 6) is -1.40. The normalized spacial score (nSPS) is 22.8. The van der Waals surface area contributed by atoms with Crippen molar-refractivity contribution in [3.05, 3.63) is 28.8 Å². The van der Waals surface area contributed by atoms with Crippen LogP contribution in [0.5, 0.6) is 0 Å². The van der Waals surface area contributed by atoms with Gasteiger partial charge in [-0.25, -0.2) is 9.69 Å². The summed E-state index contributed by atoms with van der Waals surface area (Å²) in [7, 11) is 0. The Morgan fingerprint density at radius 3 is 2.83 bits per heavy atom. The van der Waals surface area contributed by atoms with Crippen LogP contribution in [0.15, 0.2) is 23.3 Å². The Kier molecular flexibility index (Phi) is 4.04. The van der Waals surface area contributed by atoms with Crippen molar-refractivity contribution in [2.24, 2.45) is 5.10 Å². The lowest BCUT2D eigenvalue weighted by atomic mass is 9.93. The first kappa shape index (κ1) is 16.4. The highest BCUT2D eigenvalue weighted by Crippen LogP contribution is 2.35. The van der Waals surface area contributed by atoms with E-state index in [2.05, 4.69) is 10.5 Å². The maximum Gasteiger partial charge on any atom is 0.354 e. The number of esters is 1. The smallest absolute Gasteiger partial charge is 0.354 e. The van der Waals surface area contributed by atoms with Gasteiger partial charge in [0.15, 0.2) is 0 Å². The van der Waals surface area contributed by atoms with Crippen LogP contribution >= 0.6 is 11.6 Å². The molecule has 1 unspecified atom stereocenters. The third-order valence-corrected chi connectivity index (χ3v) is 4.52. The van der Waals surface area contributed by atoms with Crippen LogP contribution in [0.25, 0.3) is 0 Å². The van der Waals surface area contributed by atoms with Crippen LogP contribution in [0, 0.1) is 6.92 Å². The Balaban J connectivity index is 1.85. The van der Waals surface area contributed by atoms with Crippen LogP contribution < -0.4 is 10.3 Å². The molecule has 0 aliphatic carbocycles. The van der Waals surface area contributed by atoms with E-state index in [-0.39, 0.29) is 31.1 Å². The van der Waals surface area contributed by atoms with Gasteiger partial charge < -0.3 is 4.74 Å². The van der Waals surface area contributed by atoms with E-state index in [4.69, 9.17) is 16.3 Å². The SMILES string of the molecule is CCOC(=O)C1=NNC2(CC(=O)N(c3ccc(C)c(Cl)c3)C2=O)C1. The molecule has 1 aromatic carbocycles. The van der Waals surface area contributed by atoms with E-state index in [0.29, 0.717) is 10.7 Å². The summed E-state index contributed by atoms with van der Waals surface area (Å²) in [4.78, 5) is 38.1. The lowest BCUT2D eigenvalue weighted by Gasteiger charge is -2.21. The largest absolute Gasteiger partial charge is 0.461 e. The van der Waals surface area contributed by atoms with Crippen molar-refractivity contribution in [3.63, 3.8) is 0 Å². The predicted octanol–water partition coefficient (Wildman–Crippen LogP) is 1.56. The van der Waals surface area contributed by atoms with E-state index in [1.165, 1.54) is 0 Å². The minimum atomic E-state index is -1.23. The fourth-order valence-electron chi connectivity index (χ4n) is 2.82. The second-order valence-corrected chi connectivity index (χ2v) is 6.20. The lowest BCUT2D eigenvalue weighted by molar-refractivity contribution is -0.135. The van der Waals surface area contributed by atoms with Crippen LogP contribution in [-0.2, 0) is 19.1 Å². The van der Waals surface area contributed by atoms with Gasteiger partial charge in [0.1, 0.15) is 11.3 Å². The van der Waals surface area contributed by atoms with Gasteiger partial charge in [0, 0.05) is 11.4 Å². The quantitative estimate of drug-likeness (QED) is 0.661. The zero-order valence-corrected chi connectivity index (χ0v) is 14.0. The number of ether oxygens (including phenoxy) is 1. The Labute approximate surface area is 143 Å². The van der Waals surface area contributed by atoms with Crippen molar-refractivity contribution in [2.75, 3.05) is 11.5 Å². The van der Waals surface area contributed by atoms with Crippen molar-refractivity contribution in [3.8, 4) is 0 Å². The molecule has 2 amide bonds. The van der Waals surface area contributed by atoms with Crippen LogP contribution in [0.3, 0.4) is 0 Å². The number of anilines is 1. The summed E-state index contributed by atoms with van der Waals surface area (Å²) in [6.45, 7) is 3.73. The Hall–Kier alpha value is -2.41. The maximum atomic E-state index is 12.8. The predicted molar refractivity (Wildman–Crippen MR) is 87.9 cm³/mol.